The van der Waals surface area contributed by atoms with Crippen LogP contribution in [0, 0.1) is 5.92 Å². The molecule has 1 saturated carbocycles. The van der Waals surface area contributed by atoms with Gasteiger partial charge in [0.15, 0.2) is 5.92 Å². The summed E-state index contributed by atoms with van der Waals surface area (Å²) in [7, 11) is 0. The van der Waals surface area contributed by atoms with Crippen LogP contribution in [-0.4, -0.2) is 47.2 Å². The molecule has 3 N–H and O–H groups in total. The minimum atomic E-state index is -4.83. The minimum Gasteiger partial charge on any atom is -0.481 e. The highest BCUT2D eigenvalue weighted by atomic mass is 19.4. The molecule has 0 aromatic carbocycles. The summed E-state index contributed by atoms with van der Waals surface area (Å²) in [6, 6.07) is -0.198. The van der Waals surface area contributed by atoms with Gasteiger partial charge < -0.3 is 10.8 Å². The Balaban J connectivity index is 2.79. The van der Waals surface area contributed by atoms with Crippen molar-refractivity contribution in [1.29, 1.82) is 0 Å². The summed E-state index contributed by atoms with van der Waals surface area (Å²) in [5.74, 6) is -5.18. The van der Waals surface area contributed by atoms with Gasteiger partial charge in [-0.25, -0.2) is 0 Å². The van der Waals surface area contributed by atoms with E-state index in [0.29, 0.717) is 12.8 Å². The first-order valence-corrected chi connectivity index (χ1v) is 6.03. The zero-order valence-electron chi connectivity index (χ0n) is 10.3. The van der Waals surface area contributed by atoms with Crippen molar-refractivity contribution in [2.24, 2.45) is 11.7 Å². The summed E-state index contributed by atoms with van der Waals surface area (Å²) in [5.41, 5.74) is 5.01. The lowest BCUT2D eigenvalue weighted by Gasteiger charge is -2.30. The predicted octanol–water partition coefficient (Wildman–Crippen LogP) is 0.979. The van der Waals surface area contributed by atoms with Crippen LogP contribution in [0.5, 0.6) is 0 Å². The van der Waals surface area contributed by atoms with Gasteiger partial charge in [0.1, 0.15) is 0 Å². The minimum absolute atomic E-state index is 0.198. The number of hydrogen-bond acceptors (Lipinski definition) is 3. The molecule has 1 fully saturated rings. The third-order valence-corrected chi connectivity index (χ3v) is 3.31. The van der Waals surface area contributed by atoms with Gasteiger partial charge in [-0.2, -0.15) is 13.2 Å². The van der Waals surface area contributed by atoms with Crippen LogP contribution in [0.3, 0.4) is 0 Å². The highest BCUT2D eigenvalue weighted by Crippen LogP contribution is 2.30. The maximum Gasteiger partial charge on any atom is 0.403 e. The van der Waals surface area contributed by atoms with Gasteiger partial charge >= 0.3 is 12.1 Å². The Morgan fingerprint density at radius 1 is 1.32 bits per heavy atom. The van der Waals surface area contributed by atoms with Gasteiger partial charge in [0, 0.05) is 12.6 Å². The monoisotopic (exact) mass is 282 g/mol. The van der Waals surface area contributed by atoms with Crippen LogP contribution in [0.15, 0.2) is 0 Å². The number of carboxylic acids is 1. The van der Waals surface area contributed by atoms with E-state index in [-0.39, 0.29) is 12.6 Å². The van der Waals surface area contributed by atoms with Gasteiger partial charge in [0.2, 0.25) is 5.91 Å². The summed E-state index contributed by atoms with van der Waals surface area (Å²) in [6.07, 6.45) is -1.78. The number of primary amides is 1. The van der Waals surface area contributed by atoms with E-state index in [0.717, 1.165) is 12.8 Å². The number of aliphatic carboxylic acids is 1. The molecule has 0 heterocycles. The number of rotatable bonds is 6. The average Bonchev–Trinajstić information content (AvgIpc) is 2.74. The number of nitrogens with zero attached hydrogens (tertiary/aromatic N) is 1. The Labute approximate surface area is 108 Å². The fourth-order valence-corrected chi connectivity index (χ4v) is 2.37. The quantitative estimate of drug-likeness (QED) is 0.760. The van der Waals surface area contributed by atoms with E-state index in [2.05, 4.69) is 0 Å². The number of nitrogens with two attached hydrogens (primary N) is 1. The molecule has 1 atom stereocenters. The first kappa shape index (κ1) is 15.7. The van der Waals surface area contributed by atoms with Gasteiger partial charge in [-0.15, -0.1) is 0 Å². The van der Waals surface area contributed by atoms with Crippen molar-refractivity contribution in [1.82, 2.24) is 4.90 Å². The number of hydrogen-bond donors (Lipinski definition) is 2. The molecule has 0 aromatic heterocycles. The molecule has 1 amide bonds. The van der Waals surface area contributed by atoms with Gasteiger partial charge in [-0.05, 0) is 12.8 Å². The summed E-state index contributed by atoms with van der Waals surface area (Å²) >= 11 is 0. The topological polar surface area (TPSA) is 83.6 Å². The van der Waals surface area contributed by atoms with E-state index in [1.54, 1.807) is 0 Å². The molecule has 0 aliphatic heterocycles. The van der Waals surface area contributed by atoms with Crippen LogP contribution in [0.1, 0.15) is 25.7 Å². The lowest BCUT2D eigenvalue weighted by molar-refractivity contribution is -0.197. The van der Waals surface area contributed by atoms with Crippen molar-refractivity contribution in [2.75, 3.05) is 13.1 Å². The molecule has 1 rings (SSSR count). The number of carbonyl (C=O) groups is 2. The molecule has 0 aromatic rings. The molecule has 19 heavy (non-hydrogen) atoms. The molecular formula is C11H17F3N2O3. The molecule has 5 nitrogen and oxygen atoms in total. The SMILES string of the molecule is NC(=O)CN(CC(C(=O)O)C(F)(F)F)C1CCCC1. The zero-order valence-corrected chi connectivity index (χ0v) is 10.3. The molecule has 110 valence electrons. The third-order valence-electron chi connectivity index (χ3n) is 3.31. The van der Waals surface area contributed by atoms with Crippen LogP contribution in [-0.2, 0) is 9.59 Å². The Kier molecular flexibility index (Phi) is 5.16. The smallest absolute Gasteiger partial charge is 0.403 e. The largest absolute Gasteiger partial charge is 0.481 e. The van der Waals surface area contributed by atoms with Gasteiger partial charge in [0.05, 0.1) is 6.54 Å². The third kappa shape index (κ3) is 4.70. The van der Waals surface area contributed by atoms with E-state index in [1.165, 1.54) is 4.90 Å². The lowest BCUT2D eigenvalue weighted by Crippen LogP contribution is -2.47. The molecule has 0 saturated heterocycles. The van der Waals surface area contributed by atoms with Crippen molar-refractivity contribution in [3.63, 3.8) is 0 Å². The second-order valence-corrected chi connectivity index (χ2v) is 4.77. The Bertz CT molecular complexity index is 341. The fraction of sp³-hybridized carbons (Fsp3) is 0.818. The van der Waals surface area contributed by atoms with Crippen LogP contribution in [0.25, 0.3) is 0 Å². The maximum atomic E-state index is 12.6. The van der Waals surface area contributed by atoms with E-state index in [1.807, 2.05) is 0 Å². The van der Waals surface area contributed by atoms with Crippen LogP contribution in [0.2, 0.25) is 0 Å². The number of halogens is 3. The normalized spacial score (nSPS) is 18.7. The fourth-order valence-electron chi connectivity index (χ4n) is 2.37. The Hall–Kier alpha value is -1.31. The number of amides is 1. The molecular weight excluding hydrogens is 265 g/mol. The summed E-state index contributed by atoms with van der Waals surface area (Å²) < 4.78 is 37.9. The van der Waals surface area contributed by atoms with E-state index in [4.69, 9.17) is 10.8 Å². The molecule has 0 bridgehead atoms. The second-order valence-electron chi connectivity index (χ2n) is 4.77. The van der Waals surface area contributed by atoms with Crippen molar-refractivity contribution >= 4 is 11.9 Å². The van der Waals surface area contributed by atoms with Crippen molar-refractivity contribution in [3.05, 3.63) is 0 Å². The van der Waals surface area contributed by atoms with Crippen molar-refractivity contribution in [3.8, 4) is 0 Å². The van der Waals surface area contributed by atoms with Gasteiger partial charge in [-0.3, -0.25) is 14.5 Å². The van der Waals surface area contributed by atoms with Gasteiger partial charge in [-0.1, -0.05) is 12.8 Å². The van der Waals surface area contributed by atoms with Gasteiger partial charge in [0.25, 0.3) is 0 Å². The molecule has 1 aliphatic carbocycles. The van der Waals surface area contributed by atoms with E-state index >= 15 is 0 Å². The molecule has 1 aliphatic rings. The Morgan fingerprint density at radius 3 is 2.21 bits per heavy atom. The maximum absolute atomic E-state index is 12.6. The first-order valence-electron chi connectivity index (χ1n) is 6.03. The van der Waals surface area contributed by atoms with Crippen molar-refractivity contribution < 1.29 is 27.9 Å². The highest BCUT2D eigenvalue weighted by molar-refractivity contribution is 5.76. The summed E-state index contributed by atoms with van der Waals surface area (Å²) in [6.45, 7) is -1.07. The average molecular weight is 282 g/mol. The molecule has 0 radical (unpaired) electrons. The highest BCUT2D eigenvalue weighted by Gasteiger charge is 2.46. The van der Waals surface area contributed by atoms with Crippen LogP contribution >= 0.6 is 0 Å². The molecule has 8 heteroatoms. The van der Waals surface area contributed by atoms with Crippen LogP contribution in [0.4, 0.5) is 13.2 Å². The Morgan fingerprint density at radius 2 is 1.84 bits per heavy atom. The number of alkyl halides is 3. The first-order chi connectivity index (χ1) is 8.71. The van der Waals surface area contributed by atoms with E-state index < -0.39 is 30.5 Å². The zero-order chi connectivity index (χ0) is 14.6. The standard InChI is InChI=1S/C11H17F3N2O3/c12-11(13,14)8(10(18)19)5-16(6-9(15)17)7-3-1-2-4-7/h7-8H,1-6H2,(H2,15,17)(H,18,19). The summed E-state index contributed by atoms with van der Waals surface area (Å²) in [4.78, 5) is 22.9. The van der Waals surface area contributed by atoms with Crippen LogP contribution < -0.4 is 5.73 Å². The summed E-state index contributed by atoms with van der Waals surface area (Å²) in [5, 5.41) is 8.67. The van der Waals surface area contributed by atoms with Crippen molar-refractivity contribution in [2.45, 2.75) is 37.9 Å². The van der Waals surface area contributed by atoms with E-state index in [9.17, 15) is 22.8 Å². The molecule has 0 spiro atoms. The number of carbonyl (C=O) groups excluding carboxylic acids is 1. The molecule has 1 unspecified atom stereocenters. The lowest BCUT2D eigenvalue weighted by atomic mass is 10.1. The number of carboxylic acid groups (broad SMARTS) is 1. The second kappa shape index (κ2) is 6.23. The predicted molar refractivity (Wildman–Crippen MR) is 60.2 cm³/mol.